The molecular formula is C10H13NO6P-. The second-order valence-corrected chi connectivity index (χ2v) is 5.75. The highest BCUT2D eigenvalue weighted by Crippen LogP contribution is 2.43. The Labute approximate surface area is 104 Å². The Morgan fingerprint density at radius 1 is 1.22 bits per heavy atom. The fourth-order valence-electron chi connectivity index (χ4n) is 1.11. The number of nitro benzene ring substituents is 1. The predicted molar refractivity (Wildman–Crippen MR) is 62.2 cm³/mol. The first-order valence-corrected chi connectivity index (χ1v) is 6.51. The van der Waals surface area contributed by atoms with E-state index in [1.54, 1.807) is 20.8 Å². The van der Waals surface area contributed by atoms with Crippen molar-refractivity contribution in [3.8, 4) is 5.75 Å². The number of benzene rings is 1. The Kier molecular flexibility index (Phi) is 4.11. The number of phosphoric acid groups is 1. The fraction of sp³-hybridized carbons (Fsp3) is 0.400. The molecule has 0 saturated heterocycles. The van der Waals surface area contributed by atoms with E-state index in [0.29, 0.717) is 0 Å². The largest absolute Gasteiger partial charge is 0.746 e. The van der Waals surface area contributed by atoms with E-state index in [1.807, 2.05) is 0 Å². The van der Waals surface area contributed by atoms with Crippen LogP contribution in [-0.4, -0.2) is 10.5 Å². The molecule has 1 rings (SSSR count). The lowest BCUT2D eigenvalue weighted by atomic mass is 10.2. The Hall–Kier alpha value is -1.43. The van der Waals surface area contributed by atoms with Crippen LogP contribution in [0, 0.1) is 10.1 Å². The third-order valence-electron chi connectivity index (χ3n) is 1.65. The first-order chi connectivity index (χ1) is 8.09. The van der Waals surface area contributed by atoms with Crippen LogP contribution in [0.15, 0.2) is 24.3 Å². The van der Waals surface area contributed by atoms with Crippen molar-refractivity contribution in [2.75, 3.05) is 0 Å². The second kappa shape index (κ2) is 5.06. The Bertz CT molecular complexity index is 478. The third-order valence-corrected chi connectivity index (χ3v) is 2.86. The van der Waals surface area contributed by atoms with E-state index in [1.165, 1.54) is 12.1 Å². The van der Waals surface area contributed by atoms with Gasteiger partial charge in [0.25, 0.3) is 5.69 Å². The van der Waals surface area contributed by atoms with Crippen molar-refractivity contribution >= 4 is 13.5 Å². The van der Waals surface area contributed by atoms with Crippen LogP contribution in [0.3, 0.4) is 0 Å². The summed E-state index contributed by atoms with van der Waals surface area (Å²) < 4.78 is 20.9. The number of hydrogen-bond acceptors (Lipinski definition) is 6. The van der Waals surface area contributed by atoms with Crippen molar-refractivity contribution in [2.24, 2.45) is 0 Å². The molecule has 18 heavy (non-hydrogen) atoms. The summed E-state index contributed by atoms with van der Waals surface area (Å²) in [7, 11) is -4.49. The summed E-state index contributed by atoms with van der Waals surface area (Å²) in [6.07, 6.45) is 0. The SMILES string of the molecule is CC(C)(C)OP(=O)([O-])Oc1ccc([N+](=O)[O-])cc1. The van der Waals surface area contributed by atoms with Gasteiger partial charge in [-0.25, -0.2) is 0 Å². The maximum Gasteiger partial charge on any atom is 0.320 e. The maximum atomic E-state index is 11.5. The van der Waals surface area contributed by atoms with Crippen LogP contribution < -0.4 is 9.42 Å². The van der Waals surface area contributed by atoms with Crippen LogP contribution in [0.2, 0.25) is 0 Å². The molecule has 1 aromatic rings. The van der Waals surface area contributed by atoms with Crippen LogP contribution in [0.25, 0.3) is 0 Å². The van der Waals surface area contributed by atoms with E-state index < -0.39 is 18.3 Å². The third kappa shape index (κ3) is 4.83. The fourth-order valence-corrected chi connectivity index (χ4v) is 2.20. The quantitative estimate of drug-likeness (QED) is 0.474. The van der Waals surface area contributed by atoms with Crippen molar-refractivity contribution in [3.63, 3.8) is 0 Å². The van der Waals surface area contributed by atoms with Crippen molar-refractivity contribution in [3.05, 3.63) is 34.4 Å². The lowest BCUT2D eigenvalue weighted by molar-refractivity contribution is -0.384. The van der Waals surface area contributed by atoms with Gasteiger partial charge in [0, 0.05) is 12.1 Å². The second-order valence-electron chi connectivity index (χ2n) is 4.49. The molecule has 0 amide bonds. The van der Waals surface area contributed by atoms with E-state index in [0.717, 1.165) is 12.1 Å². The van der Waals surface area contributed by atoms with Crippen LogP contribution in [0.5, 0.6) is 5.75 Å². The number of rotatable bonds is 4. The van der Waals surface area contributed by atoms with E-state index in [4.69, 9.17) is 4.52 Å². The molecule has 0 spiro atoms. The van der Waals surface area contributed by atoms with Crippen molar-refractivity contribution < 1.29 is 23.4 Å². The Morgan fingerprint density at radius 3 is 2.11 bits per heavy atom. The summed E-state index contributed by atoms with van der Waals surface area (Å²) in [5, 5.41) is 10.4. The first-order valence-electron chi connectivity index (χ1n) is 5.05. The molecule has 0 heterocycles. The topological polar surface area (TPSA) is 102 Å². The van der Waals surface area contributed by atoms with E-state index in [-0.39, 0.29) is 11.4 Å². The molecule has 1 atom stereocenters. The van der Waals surface area contributed by atoms with E-state index in [2.05, 4.69) is 4.52 Å². The van der Waals surface area contributed by atoms with Crippen LogP contribution in [0.4, 0.5) is 5.69 Å². The standard InChI is InChI=1S/C10H14NO6P/c1-10(2,3)17-18(14,15)16-9-6-4-8(5-7-9)11(12)13/h4-7H,1-3H3,(H,14,15)/p-1. The van der Waals surface area contributed by atoms with Gasteiger partial charge in [0.15, 0.2) is 0 Å². The molecule has 0 saturated carbocycles. The van der Waals surface area contributed by atoms with Crippen LogP contribution in [-0.2, 0) is 9.09 Å². The summed E-state index contributed by atoms with van der Waals surface area (Å²) in [5.74, 6) is -0.0387. The lowest BCUT2D eigenvalue weighted by Crippen LogP contribution is -2.23. The molecule has 1 unspecified atom stereocenters. The van der Waals surface area contributed by atoms with Gasteiger partial charge >= 0.3 is 7.82 Å². The van der Waals surface area contributed by atoms with Gasteiger partial charge in [0.05, 0.1) is 10.5 Å². The lowest BCUT2D eigenvalue weighted by Gasteiger charge is -2.30. The monoisotopic (exact) mass is 274 g/mol. The number of nitrogens with zero attached hydrogens (tertiary/aromatic N) is 1. The number of nitro groups is 1. The highest BCUT2D eigenvalue weighted by atomic mass is 31.2. The van der Waals surface area contributed by atoms with Crippen LogP contribution in [0.1, 0.15) is 20.8 Å². The summed E-state index contributed by atoms with van der Waals surface area (Å²) in [6.45, 7) is 4.70. The van der Waals surface area contributed by atoms with Crippen LogP contribution >= 0.6 is 7.82 Å². The van der Waals surface area contributed by atoms with Crippen molar-refractivity contribution in [1.82, 2.24) is 0 Å². The molecule has 7 nitrogen and oxygen atoms in total. The molecule has 8 heteroatoms. The number of hydrogen-bond donors (Lipinski definition) is 0. The molecule has 0 aliphatic heterocycles. The van der Waals surface area contributed by atoms with E-state index in [9.17, 15) is 19.6 Å². The van der Waals surface area contributed by atoms with E-state index >= 15 is 0 Å². The molecule has 0 aliphatic carbocycles. The van der Waals surface area contributed by atoms with Gasteiger partial charge in [-0.05, 0) is 32.9 Å². The van der Waals surface area contributed by atoms with Crippen molar-refractivity contribution in [1.29, 1.82) is 0 Å². The minimum absolute atomic E-state index is 0.0387. The van der Waals surface area contributed by atoms with Gasteiger partial charge in [0.1, 0.15) is 5.75 Å². The predicted octanol–water partition coefficient (Wildman–Crippen LogP) is 2.26. The normalized spacial score (nSPS) is 14.9. The summed E-state index contributed by atoms with van der Waals surface area (Å²) >= 11 is 0. The first kappa shape index (κ1) is 14.6. The molecule has 0 aromatic heterocycles. The van der Waals surface area contributed by atoms with Gasteiger partial charge in [-0.15, -0.1) is 0 Å². The summed E-state index contributed by atoms with van der Waals surface area (Å²) in [5.41, 5.74) is -1.06. The van der Waals surface area contributed by atoms with Gasteiger partial charge in [-0.3, -0.25) is 14.7 Å². The summed E-state index contributed by atoms with van der Waals surface area (Å²) in [6, 6.07) is 4.67. The highest BCUT2D eigenvalue weighted by molar-refractivity contribution is 7.46. The number of phosphoric ester groups is 1. The van der Waals surface area contributed by atoms with Gasteiger partial charge in [-0.1, -0.05) is 0 Å². The minimum Gasteiger partial charge on any atom is -0.746 e. The molecule has 0 N–H and O–H groups in total. The maximum absolute atomic E-state index is 11.5. The van der Waals surface area contributed by atoms with Gasteiger partial charge in [0.2, 0.25) is 0 Å². The highest BCUT2D eigenvalue weighted by Gasteiger charge is 2.21. The van der Waals surface area contributed by atoms with Gasteiger partial charge < -0.3 is 13.9 Å². The average molecular weight is 274 g/mol. The molecule has 0 fully saturated rings. The van der Waals surface area contributed by atoms with Crippen molar-refractivity contribution in [2.45, 2.75) is 26.4 Å². The average Bonchev–Trinajstić information content (AvgIpc) is 2.13. The molecular weight excluding hydrogens is 261 g/mol. The molecule has 0 bridgehead atoms. The zero-order valence-electron chi connectivity index (χ0n) is 10.2. The Balaban J connectivity index is 2.78. The molecule has 0 aliphatic rings. The zero-order chi connectivity index (χ0) is 14.0. The molecule has 100 valence electrons. The minimum atomic E-state index is -4.49. The number of non-ortho nitro benzene ring substituents is 1. The smallest absolute Gasteiger partial charge is 0.320 e. The van der Waals surface area contributed by atoms with Gasteiger partial charge in [-0.2, -0.15) is 0 Å². The molecule has 0 radical (unpaired) electrons. The summed E-state index contributed by atoms with van der Waals surface area (Å²) in [4.78, 5) is 21.3. The molecule has 1 aromatic carbocycles. The Morgan fingerprint density at radius 2 is 1.72 bits per heavy atom. The zero-order valence-corrected chi connectivity index (χ0v) is 11.0.